The van der Waals surface area contributed by atoms with Gasteiger partial charge in [0.15, 0.2) is 0 Å². The zero-order valence-corrected chi connectivity index (χ0v) is 18.2. The monoisotopic (exact) mass is 454 g/mol. The molecule has 3 rings (SSSR count). The third kappa shape index (κ3) is 5.94. The summed E-state index contributed by atoms with van der Waals surface area (Å²) in [6.07, 6.45) is 0. The Hall–Kier alpha value is -4.21. The van der Waals surface area contributed by atoms with Crippen molar-refractivity contribution in [1.29, 1.82) is 0 Å². The van der Waals surface area contributed by atoms with Gasteiger partial charge in [-0.05, 0) is 42.7 Å². The maximum atomic E-state index is 13.8. The molecule has 0 radical (unpaired) electrons. The van der Waals surface area contributed by atoms with E-state index in [0.717, 1.165) is 5.56 Å². The molecule has 1 aromatic heterocycles. The molecule has 172 valence electrons. The van der Waals surface area contributed by atoms with Crippen LogP contribution >= 0.6 is 0 Å². The van der Waals surface area contributed by atoms with Gasteiger partial charge >= 0.3 is 12.0 Å². The summed E-state index contributed by atoms with van der Waals surface area (Å²) >= 11 is 0. The van der Waals surface area contributed by atoms with Crippen LogP contribution in [0.25, 0.3) is 11.3 Å². The van der Waals surface area contributed by atoms with E-state index in [1.54, 1.807) is 51.1 Å². The number of halogens is 1. The number of carboxylic acids is 1. The van der Waals surface area contributed by atoms with Gasteiger partial charge in [-0.3, -0.25) is 4.79 Å². The molecule has 4 N–H and O–H groups in total. The summed E-state index contributed by atoms with van der Waals surface area (Å²) in [5.41, 5.74) is 2.29. The molecule has 0 saturated carbocycles. The lowest BCUT2D eigenvalue weighted by molar-refractivity contribution is -0.140. The molecule has 33 heavy (non-hydrogen) atoms. The van der Waals surface area contributed by atoms with Crippen LogP contribution < -0.4 is 16.0 Å². The average molecular weight is 454 g/mol. The van der Waals surface area contributed by atoms with Crippen molar-refractivity contribution in [2.45, 2.75) is 26.8 Å². The Morgan fingerprint density at radius 1 is 1.03 bits per heavy atom. The number of amides is 3. The predicted octanol–water partition coefficient (Wildman–Crippen LogP) is 4.27. The van der Waals surface area contributed by atoms with Crippen LogP contribution in [-0.4, -0.2) is 34.2 Å². The lowest BCUT2D eigenvalue weighted by Gasteiger charge is -2.16. The van der Waals surface area contributed by atoms with Gasteiger partial charge in [0.25, 0.3) is 5.91 Å². The number of carbonyl (C=O) groups is 3. The summed E-state index contributed by atoms with van der Waals surface area (Å²) in [4.78, 5) is 35.7. The van der Waals surface area contributed by atoms with Crippen molar-refractivity contribution >= 4 is 29.3 Å². The highest BCUT2D eigenvalue weighted by molar-refractivity contribution is 6.00. The zero-order chi connectivity index (χ0) is 24.1. The predicted molar refractivity (Wildman–Crippen MR) is 119 cm³/mol. The Balaban J connectivity index is 1.64. The summed E-state index contributed by atoms with van der Waals surface area (Å²) in [5, 5.41) is 20.5. The molecule has 0 spiro atoms. The summed E-state index contributed by atoms with van der Waals surface area (Å²) < 4.78 is 18.9. The second-order valence-electron chi connectivity index (χ2n) is 7.75. The number of hydrogen-bond acceptors (Lipinski definition) is 5. The van der Waals surface area contributed by atoms with E-state index in [0.29, 0.717) is 16.9 Å². The minimum absolute atomic E-state index is 0.0696. The highest BCUT2D eigenvalue weighted by Crippen LogP contribution is 2.22. The highest BCUT2D eigenvalue weighted by atomic mass is 19.1. The molecule has 0 aliphatic carbocycles. The number of urea groups is 1. The molecule has 3 aromatic rings. The number of aryl methyl sites for hydroxylation is 1. The van der Waals surface area contributed by atoms with E-state index >= 15 is 0 Å². The molecule has 1 heterocycles. The summed E-state index contributed by atoms with van der Waals surface area (Å²) in [7, 11) is 0. The average Bonchev–Trinajstić information content (AvgIpc) is 3.25. The highest BCUT2D eigenvalue weighted by Gasteiger charge is 2.25. The van der Waals surface area contributed by atoms with Gasteiger partial charge in [0.1, 0.15) is 17.6 Å². The third-order valence-electron chi connectivity index (χ3n) is 4.76. The molecule has 1 atom stereocenters. The van der Waals surface area contributed by atoms with Crippen LogP contribution in [0, 0.1) is 18.7 Å². The zero-order valence-electron chi connectivity index (χ0n) is 18.2. The Bertz CT molecular complexity index is 1170. The van der Waals surface area contributed by atoms with E-state index < -0.39 is 29.8 Å². The molecule has 10 heteroatoms. The Morgan fingerprint density at radius 2 is 1.73 bits per heavy atom. The first kappa shape index (κ1) is 23.5. The van der Waals surface area contributed by atoms with Gasteiger partial charge < -0.3 is 25.6 Å². The van der Waals surface area contributed by atoms with E-state index in [9.17, 15) is 23.9 Å². The number of carbonyl (C=O) groups excluding carboxylic acids is 2. The smallest absolute Gasteiger partial charge is 0.326 e. The lowest BCUT2D eigenvalue weighted by Crippen LogP contribution is -2.44. The topological polar surface area (TPSA) is 134 Å². The number of carboxylic acid groups (broad SMARTS) is 1. The quantitative estimate of drug-likeness (QED) is 0.421. The Kier molecular flexibility index (Phi) is 7.07. The minimum Gasteiger partial charge on any atom is -0.480 e. The van der Waals surface area contributed by atoms with Gasteiger partial charge in [-0.15, -0.1) is 0 Å². The normalized spacial score (nSPS) is 11.7. The molecule has 0 bridgehead atoms. The third-order valence-corrected chi connectivity index (χ3v) is 4.76. The minimum atomic E-state index is -1.14. The second kappa shape index (κ2) is 9.94. The van der Waals surface area contributed by atoms with E-state index in [1.165, 1.54) is 18.2 Å². The van der Waals surface area contributed by atoms with Gasteiger partial charge in [-0.25, -0.2) is 14.0 Å². The van der Waals surface area contributed by atoms with E-state index in [4.69, 9.17) is 4.52 Å². The number of aliphatic carboxylic acids is 1. The fourth-order valence-electron chi connectivity index (χ4n) is 2.99. The first-order valence-corrected chi connectivity index (χ1v) is 10.1. The summed E-state index contributed by atoms with van der Waals surface area (Å²) in [6.45, 7) is 5.14. The number of anilines is 2. The number of nitrogens with zero attached hydrogens (tertiary/aromatic N) is 1. The van der Waals surface area contributed by atoms with Crippen molar-refractivity contribution in [3.8, 4) is 11.3 Å². The molecule has 0 aliphatic rings. The van der Waals surface area contributed by atoms with Crippen molar-refractivity contribution in [1.82, 2.24) is 10.5 Å². The fourth-order valence-corrected chi connectivity index (χ4v) is 2.99. The maximum Gasteiger partial charge on any atom is 0.326 e. The van der Waals surface area contributed by atoms with Crippen molar-refractivity contribution in [3.63, 3.8) is 0 Å². The van der Waals surface area contributed by atoms with Crippen LogP contribution in [0.5, 0.6) is 0 Å². The standard InChI is InChI=1S/C23H23FN4O5/c1-12(2)20(22(30)31)27-21(29)19-11-17(28-33-19)14-5-7-15(8-6-14)25-23(32)26-18-10-13(3)4-9-16(18)24/h4-12,20H,1-3H3,(H,27,29)(H,30,31)(H2,25,26,32). The van der Waals surface area contributed by atoms with Gasteiger partial charge in [0, 0.05) is 17.3 Å². The molecular weight excluding hydrogens is 431 g/mol. The molecule has 2 aromatic carbocycles. The number of rotatable bonds is 7. The first-order valence-electron chi connectivity index (χ1n) is 10.1. The van der Waals surface area contributed by atoms with Gasteiger partial charge in [-0.2, -0.15) is 0 Å². The maximum absolute atomic E-state index is 13.8. The fraction of sp³-hybridized carbons (Fsp3) is 0.217. The lowest BCUT2D eigenvalue weighted by atomic mass is 10.0. The van der Waals surface area contributed by atoms with Crippen molar-refractivity contribution in [2.24, 2.45) is 5.92 Å². The van der Waals surface area contributed by atoms with Gasteiger partial charge in [0.2, 0.25) is 5.76 Å². The second-order valence-corrected chi connectivity index (χ2v) is 7.75. The molecule has 9 nitrogen and oxygen atoms in total. The number of hydrogen-bond donors (Lipinski definition) is 4. The Morgan fingerprint density at radius 3 is 2.36 bits per heavy atom. The van der Waals surface area contributed by atoms with Crippen LogP contribution in [0.1, 0.15) is 30.0 Å². The first-order chi connectivity index (χ1) is 15.6. The number of benzene rings is 2. The Labute approximate surface area is 189 Å². The van der Waals surface area contributed by atoms with Crippen LogP contribution in [0.4, 0.5) is 20.6 Å². The van der Waals surface area contributed by atoms with Crippen LogP contribution in [0.2, 0.25) is 0 Å². The summed E-state index contributed by atoms with van der Waals surface area (Å²) in [6, 6.07) is 10.6. The van der Waals surface area contributed by atoms with Crippen LogP contribution in [0.3, 0.4) is 0 Å². The van der Waals surface area contributed by atoms with Crippen LogP contribution in [0.15, 0.2) is 53.1 Å². The van der Waals surface area contributed by atoms with Crippen LogP contribution in [-0.2, 0) is 4.79 Å². The van der Waals surface area contributed by atoms with E-state index in [1.807, 2.05) is 0 Å². The van der Waals surface area contributed by atoms with Crippen molar-refractivity contribution in [3.05, 3.63) is 65.7 Å². The van der Waals surface area contributed by atoms with Crippen molar-refractivity contribution < 1.29 is 28.4 Å². The largest absolute Gasteiger partial charge is 0.480 e. The molecule has 3 amide bonds. The summed E-state index contributed by atoms with van der Waals surface area (Å²) in [5.74, 6) is -2.81. The van der Waals surface area contributed by atoms with Gasteiger partial charge in [-0.1, -0.05) is 37.2 Å². The van der Waals surface area contributed by atoms with Gasteiger partial charge in [0.05, 0.1) is 5.69 Å². The molecular formula is C23H23FN4O5. The molecule has 0 saturated heterocycles. The van der Waals surface area contributed by atoms with Crippen molar-refractivity contribution in [2.75, 3.05) is 10.6 Å². The molecule has 1 unspecified atom stereocenters. The van der Waals surface area contributed by atoms with E-state index in [-0.39, 0.29) is 17.4 Å². The SMILES string of the molecule is Cc1ccc(F)c(NC(=O)Nc2ccc(-c3cc(C(=O)NC(C(=O)O)C(C)C)on3)cc2)c1. The number of aromatic nitrogens is 1. The van der Waals surface area contributed by atoms with E-state index in [2.05, 4.69) is 21.1 Å². The molecule has 0 aliphatic heterocycles. The number of nitrogens with one attached hydrogen (secondary N) is 3. The molecule has 0 fully saturated rings.